The van der Waals surface area contributed by atoms with Gasteiger partial charge in [0.25, 0.3) is 11.8 Å². The summed E-state index contributed by atoms with van der Waals surface area (Å²) in [6.45, 7) is 7.51. The van der Waals surface area contributed by atoms with Crippen LogP contribution in [0.1, 0.15) is 75.6 Å². The maximum Gasteiger partial charge on any atom is 0.259 e. The van der Waals surface area contributed by atoms with Gasteiger partial charge in [-0.05, 0) is 70.8 Å². The molecule has 0 bridgehead atoms. The molecular formula is C39H43N3O6. The molecule has 9 heteroatoms. The van der Waals surface area contributed by atoms with Crippen molar-refractivity contribution in [2.24, 2.45) is 0 Å². The number of amides is 2. The average molecular weight is 650 g/mol. The van der Waals surface area contributed by atoms with Crippen LogP contribution in [0.25, 0.3) is 0 Å². The summed E-state index contributed by atoms with van der Waals surface area (Å²) in [7, 11) is 4.91. The normalized spacial score (nSPS) is 14.0. The molecule has 4 aromatic carbocycles. The van der Waals surface area contributed by atoms with Crippen LogP contribution in [0.5, 0.6) is 11.5 Å². The van der Waals surface area contributed by atoms with Gasteiger partial charge in [-0.25, -0.2) is 0 Å². The largest absolute Gasteiger partial charge is 0.497 e. The molecule has 2 aliphatic heterocycles. The molecule has 0 aromatic heterocycles. The number of carbonyl (C=O) groups excluding carboxylic acids is 2. The van der Waals surface area contributed by atoms with Crippen LogP contribution in [0.4, 0.5) is 11.4 Å². The van der Waals surface area contributed by atoms with Gasteiger partial charge < -0.3 is 29.1 Å². The monoisotopic (exact) mass is 649 g/mol. The molecule has 2 heterocycles. The van der Waals surface area contributed by atoms with Gasteiger partial charge in [-0.2, -0.15) is 5.26 Å². The van der Waals surface area contributed by atoms with Crippen molar-refractivity contribution in [1.29, 1.82) is 5.26 Å². The first kappa shape index (κ1) is 35.7. The minimum absolute atomic E-state index is 0.00291. The SMILES string of the molecule is CC#N.COCC(C)c1ccc(N2Cc3ccc(OC)cc3C2=O)cc1.COc1ccc2c(c1)C(=O)N(c1ccc(C(C)CO)cc1)C2. The second kappa shape index (κ2) is 16.6. The Morgan fingerprint density at radius 1 is 0.708 bits per heavy atom. The number of anilines is 2. The summed E-state index contributed by atoms with van der Waals surface area (Å²) in [6, 6.07) is 29.0. The lowest BCUT2D eigenvalue weighted by Crippen LogP contribution is -2.22. The van der Waals surface area contributed by atoms with Crippen molar-refractivity contribution in [1.82, 2.24) is 0 Å². The zero-order valence-electron chi connectivity index (χ0n) is 28.4. The third kappa shape index (κ3) is 8.03. The number of methoxy groups -OCH3 is 3. The van der Waals surface area contributed by atoms with Crippen molar-refractivity contribution in [3.63, 3.8) is 0 Å². The summed E-state index contributed by atoms with van der Waals surface area (Å²) in [5, 5.41) is 16.5. The molecule has 6 rings (SSSR count). The van der Waals surface area contributed by atoms with Crippen LogP contribution in [0.2, 0.25) is 0 Å². The van der Waals surface area contributed by atoms with Crippen molar-refractivity contribution in [2.45, 2.75) is 45.7 Å². The Kier molecular flexibility index (Phi) is 12.3. The molecule has 1 N–H and O–H groups in total. The molecule has 2 unspecified atom stereocenters. The molecule has 2 atom stereocenters. The van der Waals surface area contributed by atoms with E-state index in [2.05, 4.69) is 19.1 Å². The molecule has 9 nitrogen and oxygen atoms in total. The first-order valence-corrected chi connectivity index (χ1v) is 15.8. The zero-order valence-corrected chi connectivity index (χ0v) is 28.4. The molecule has 48 heavy (non-hydrogen) atoms. The lowest BCUT2D eigenvalue weighted by atomic mass is 10.0. The van der Waals surface area contributed by atoms with Crippen molar-refractivity contribution in [3.8, 4) is 17.6 Å². The maximum absolute atomic E-state index is 12.6. The topological polar surface area (TPSA) is 112 Å². The van der Waals surface area contributed by atoms with E-state index in [1.54, 1.807) is 43.3 Å². The number of fused-ring (bicyclic) bond motifs is 2. The molecular weight excluding hydrogens is 606 g/mol. The van der Waals surface area contributed by atoms with Gasteiger partial charge in [0.05, 0.1) is 40.0 Å². The van der Waals surface area contributed by atoms with Crippen molar-refractivity contribution >= 4 is 23.2 Å². The van der Waals surface area contributed by atoms with E-state index < -0.39 is 0 Å². The Balaban J connectivity index is 0.000000201. The third-order valence-electron chi connectivity index (χ3n) is 8.48. The molecule has 0 aliphatic carbocycles. The molecule has 0 saturated heterocycles. The molecule has 0 spiro atoms. The molecule has 2 amide bonds. The molecule has 0 saturated carbocycles. The maximum atomic E-state index is 12.6. The molecule has 0 fully saturated rings. The van der Waals surface area contributed by atoms with E-state index in [1.807, 2.05) is 73.7 Å². The number of ether oxygens (including phenoxy) is 3. The summed E-state index contributed by atoms with van der Waals surface area (Å²) in [6.07, 6.45) is 0. The van der Waals surface area contributed by atoms with E-state index in [-0.39, 0.29) is 24.3 Å². The molecule has 2 aliphatic rings. The summed E-state index contributed by atoms with van der Waals surface area (Å²) in [4.78, 5) is 28.8. The second-order valence-electron chi connectivity index (χ2n) is 11.7. The van der Waals surface area contributed by atoms with Gasteiger partial charge >= 0.3 is 0 Å². The van der Waals surface area contributed by atoms with Crippen molar-refractivity contribution < 1.29 is 28.9 Å². The number of carbonyl (C=O) groups is 2. The number of benzene rings is 4. The summed E-state index contributed by atoms with van der Waals surface area (Å²) in [5.41, 5.74) is 7.53. The van der Waals surface area contributed by atoms with Gasteiger partial charge in [0.15, 0.2) is 0 Å². The average Bonchev–Trinajstić information content (AvgIpc) is 3.63. The highest BCUT2D eigenvalue weighted by atomic mass is 16.5. The van der Waals surface area contributed by atoms with Crippen LogP contribution in [0.15, 0.2) is 84.9 Å². The fraction of sp³-hybridized carbons (Fsp3) is 0.308. The third-order valence-corrected chi connectivity index (χ3v) is 8.48. The van der Waals surface area contributed by atoms with Gasteiger partial charge in [-0.15, -0.1) is 0 Å². The second-order valence-corrected chi connectivity index (χ2v) is 11.7. The number of hydrogen-bond acceptors (Lipinski definition) is 7. The highest BCUT2D eigenvalue weighted by Crippen LogP contribution is 2.33. The molecule has 250 valence electrons. The number of rotatable bonds is 9. The Morgan fingerprint density at radius 3 is 1.46 bits per heavy atom. The fourth-order valence-corrected chi connectivity index (χ4v) is 5.65. The lowest BCUT2D eigenvalue weighted by molar-refractivity contribution is 0.0988. The Hall–Kier alpha value is -5.17. The minimum atomic E-state index is -0.00291. The van der Waals surface area contributed by atoms with Crippen LogP contribution < -0.4 is 19.3 Å². The number of nitriles is 1. The first-order valence-electron chi connectivity index (χ1n) is 15.8. The van der Waals surface area contributed by atoms with E-state index in [1.165, 1.54) is 12.5 Å². The predicted molar refractivity (Wildman–Crippen MR) is 187 cm³/mol. The Morgan fingerprint density at radius 2 is 1.10 bits per heavy atom. The lowest BCUT2D eigenvalue weighted by Gasteiger charge is -2.17. The van der Waals surface area contributed by atoms with E-state index in [0.717, 1.165) is 33.6 Å². The summed E-state index contributed by atoms with van der Waals surface area (Å²) < 4.78 is 15.6. The standard InChI is InChI=1S/C19H21NO3.C18H19NO3.C2H3N/c1-13(12-22-2)14-4-7-16(8-5-14)20-11-15-6-9-17(23-3)10-18(15)19(20)21;1-12(11-20)13-3-6-15(7-4-13)19-10-14-5-8-16(22-2)9-17(14)18(19)21;1-2-3/h4-10,13H,11-12H2,1-3H3;3-9,12,20H,10-11H2,1-2H3;1H3. The van der Waals surface area contributed by atoms with Gasteiger partial charge in [0, 0.05) is 55.0 Å². The summed E-state index contributed by atoms with van der Waals surface area (Å²) >= 11 is 0. The van der Waals surface area contributed by atoms with Crippen LogP contribution in [-0.2, 0) is 17.8 Å². The smallest absolute Gasteiger partial charge is 0.259 e. The highest BCUT2D eigenvalue weighted by molar-refractivity contribution is 6.11. The fourth-order valence-electron chi connectivity index (χ4n) is 5.65. The highest BCUT2D eigenvalue weighted by Gasteiger charge is 2.30. The predicted octanol–water partition coefficient (Wildman–Crippen LogP) is 7.09. The van der Waals surface area contributed by atoms with Crippen molar-refractivity contribution in [3.05, 3.63) is 118 Å². The zero-order chi connectivity index (χ0) is 34.8. The van der Waals surface area contributed by atoms with E-state index >= 15 is 0 Å². The van der Waals surface area contributed by atoms with Gasteiger partial charge in [-0.1, -0.05) is 50.2 Å². The van der Waals surface area contributed by atoms with Crippen molar-refractivity contribution in [2.75, 3.05) is 44.3 Å². The molecule has 4 aromatic rings. The molecule has 0 radical (unpaired) electrons. The van der Waals surface area contributed by atoms with Gasteiger partial charge in [0.1, 0.15) is 11.5 Å². The number of aliphatic hydroxyl groups is 1. The Labute approximate surface area is 282 Å². The number of nitrogens with zero attached hydrogens (tertiary/aromatic N) is 3. The first-order chi connectivity index (χ1) is 23.2. The van der Waals surface area contributed by atoms with E-state index in [4.69, 9.17) is 19.5 Å². The van der Waals surface area contributed by atoms with Crippen LogP contribution in [0, 0.1) is 11.3 Å². The van der Waals surface area contributed by atoms with Crippen LogP contribution in [0.3, 0.4) is 0 Å². The quantitative estimate of drug-likeness (QED) is 0.206. The van der Waals surface area contributed by atoms with E-state index in [9.17, 15) is 14.7 Å². The van der Waals surface area contributed by atoms with Crippen LogP contribution >= 0.6 is 0 Å². The summed E-state index contributed by atoms with van der Waals surface area (Å²) in [5.74, 6) is 1.87. The number of aliphatic hydroxyl groups excluding tert-OH is 1. The minimum Gasteiger partial charge on any atom is -0.497 e. The van der Waals surface area contributed by atoms with Gasteiger partial charge in [0.2, 0.25) is 0 Å². The Bertz CT molecular complexity index is 1750. The van der Waals surface area contributed by atoms with E-state index in [0.29, 0.717) is 42.7 Å². The number of hydrogen-bond donors (Lipinski definition) is 1. The van der Waals surface area contributed by atoms with Gasteiger partial charge in [-0.3, -0.25) is 9.59 Å². The van der Waals surface area contributed by atoms with Crippen LogP contribution in [-0.4, -0.2) is 51.5 Å².